The number of aromatic nitrogens is 1. The van der Waals surface area contributed by atoms with Crippen molar-refractivity contribution in [1.29, 1.82) is 0 Å². The SMILES string of the molecule is [Sn][c]1ncco1. The van der Waals surface area contributed by atoms with E-state index in [1.807, 2.05) is 0 Å². The zero-order valence-electron chi connectivity index (χ0n) is 3.01. The molecule has 0 N–H and O–H groups in total. The second-order valence-electron chi connectivity index (χ2n) is 0.837. The first-order valence-electron chi connectivity index (χ1n) is 1.50. The van der Waals surface area contributed by atoms with Crippen LogP contribution >= 0.6 is 0 Å². The van der Waals surface area contributed by atoms with Crippen molar-refractivity contribution in [3.8, 4) is 0 Å². The van der Waals surface area contributed by atoms with Crippen molar-refractivity contribution in [3.63, 3.8) is 0 Å². The average Bonchev–Trinajstić information content (AvgIpc) is 1.86. The Morgan fingerprint density at radius 3 is 2.83 bits per heavy atom. The second-order valence-corrected chi connectivity index (χ2v) is 2.06. The molecule has 0 fully saturated rings. The van der Waals surface area contributed by atoms with E-state index in [9.17, 15) is 0 Å². The molecular formula is C3H2NOSn. The van der Waals surface area contributed by atoms with Gasteiger partial charge in [0.15, 0.2) is 0 Å². The summed E-state index contributed by atoms with van der Waals surface area (Å²) in [6.07, 6.45) is 3.22. The van der Waals surface area contributed by atoms with Crippen molar-refractivity contribution >= 4 is 26.4 Å². The van der Waals surface area contributed by atoms with Gasteiger partial charge < -0.3 is 0 Å². The zero-order chi connectivity index (χ0) is 4.41. The molecule has 3 heteroatoms. The Hall–Kier alpha value is 0.00870. The standard InChI is InChI=1S/C3H2NO.Sn/c1-2-5-3-4-1;/h1-2H;. The van der Waals surface area contributed by atoms with Crippen LogP contribution in [0.3, 0.4) is 0 Å². The average molecular weight is 187 g/mol. The predicted octanol–water partition coefficient (Wildman–Crippen LogP) is -0.532. The number of rotatable bonds is 0. The van der Waals surface area contributed by atoms with Gasteiger partial charge in [0.05, 0.1) is 0 Å². The van der Waals surface area contributed by atoms with E-state index in [0.29, 0.717) is 0 Å². The van der Waals surface area contributed by atoms with Crippen molar-refractivity contribution in [3.05, 3.63) is 12.5 Å². The van der Waals surface area contributed by atoms with Gasteiger partial charge in [0.1, 0.15) is 0 Å². The third-order valence-corrected chi connectivity index (χ3v) is 1.14. The van der Waals surface area contributed by atoms with E-state index in [1.54, 1.807) is 12.5 Å². The van der Waals surface area contributed by atoms with Crippen LogP contribution in [0.2, 0.25) is 0 Å². The predicted molar refractivity (Wildman–Crippen MR) is 21.9 cm³/mol. The summed E-state index contributed by atoms with van der Waals surface area (Å²) < 4.78 is 5.57. The fourth-order valence-electron chi connectivity index (χ4n) is 0.223. The van der Waals surface area contributed by atoms with Crippen LogP contribution in [0.15, 0.2) is 16.9 Å². The van der Waals surface area contributed by atoms with Gasteiger partial charge >= 0.3 is 48.3 Å². The van der Waals surface area contributed by atoms with Gasteiger partial charge in [-0.15, -0.1) is 0 Å². The number of nitrogens with zero attached hydrogens (tertiary/aromatic N) is 1. The third-order valence-electron chi connectivity index (χ3n) is 0.432. The molecule has 3 radical (unpaired) electrons. The molecule has 0 saturated carbocycles. The third kappa shape index (κ3) is 0.739. The molecule has 0 spiro atoms. The molecule has 0 unspecified atom stereocenters. The van der Waals surface area contributed by atoms with Crippen LogP contribution in [0, 0.1) is 0 Å². The minimum absolute atomic E-state index is 0.808. The normalized spacial score (nSPS) is 8.83. The summed E-state index contributed by atoms with van der Waals surface area (Å²) in [6.45, 7) is 0. The van der Waals surface area contributed by atoms with E-state index >= 15 is 0 Å². The van der Waals surface area contributed by atoms with Gasteiger partial charge in [-0.2, -0.15) is 0 Å². The van der Waals surface area contributed by atoms with Crippen LogP contribution in [0.4, 0.5) is 0 Å². The molecule has 29 valence electrons. The Kier molecular flexibility index (Phi) is 1.14. The maximum absolute atomic E-state index is 4.76. The molecule has 0 amide bonds. The van der Waals surface area contributed by atoms with Crippen LogP contribution in [0.5, 0.6) is 0 Å². The van der Waals surface area contributed by atoms with E-state index in [-0.39, 0.29) is 0 Å². The number of oxazole rings is 1. The van der Waals surface area contributed by atoms with Crippen LogP contribution in [-0.4, -0.2) is 27.5 Å². The van der Waals surface area contributed by atoms with Crippen molar-refractivity contribution < 1.29 is 4.42 Å². The molecule has 6 heavy (non-hydrogen) atoms. The van der Waals surface area contributed by atoms with Crippen molar-refractivity contribution in [1.82, 2.24) is 4.98 Å². The fraction of sp³-hybridized carbons (Fsp3) is 0. The van der Waals surface area contributed by atoms with Crippen molar-refractivity contribution in [2.75, 3.05) is 0 Å². The first-order chi connectivity index (χ1) is 2.89. The zero-order valence-corrected chi connectivity index (χ0v) is 5.86. The maximum atomic E-state index is 4.76. The Bertz CT molecular complexity index is 114. The Morgan fingerprint density at radius 1 is 1.83 bits per heavy atom. The molecular weight excluding hydrogens is 185 g/mol. The Balaban J connectivity index is 3.05. The molecule has 0 bridgehead atoms. The molecule has 0 aromatic carbocycles. The molecule has 1 heterocycles. The summed E-state index contributed by atoms with van der Waals surface area (Å²) in [4.78, 5) is 3.79. The summed E-state index contributed by atoms with van der Waals surface area (Å²) in [7, 11) is 0. The topological polar surface area (TPSA) is 26.0 Å². The van der Waals surface area contributed by atoms with E-state index < -0.39 is 0 Å². The van der Waals surface area contributed by atoms with E-state index in [1.165, 1.54) is 22.5 Å². The van der Waals surface area contributed by atoms with Gasteiger partial charge in [-0.25, -0.2) is 0 Å². The van der Waals surface area contributed by atoms with Crippen LogP contribution in [0.25, 0.3) is 0 Å². The van der Waals surface area contributed by atoms with Gasteiger partial charge in [0.2, 0.25) is 0 Å². The van der Waals surface area contributed by atoms with Gasteiger partial charge in [-0.1, -0.05) is 0 Å². The number of hydrogen-bond acceptors (Lipinski definition) is 2. The van der Waals surface area contributed by atoms with E-state index in [0.717, 1.165) is 3.91 Å². The van der Waals surface area contributed by atoms with Gasteiger partial charge in [0, 0.05) is 0 Å². The molecule has 1 rings (SSSR count). The first kappa shape index (κ1) is 4.18. The molecule has 0 aliphatic rings. The summed E-state index contributed by atoms with van der Waals surface area (Å²) in [6, 6.07) is 0. The molecule has 1 aromatic rings. The molecule has 0 aliphatic heterocycles. The van der Waals surface area contributed by atoms with Crippen LogP contribution < -0.4 is 3.91 Å². The molecule has 0 saturated heterocycles. The monoisotopic (exact) mass is 188 g/mol. The first-order valence-corrected chi connectivity index (χ1v) is 2.93. The molecule has 2 nitrogen and oxygen atoms in total. The summed E-state index contributed by atoms with van der Waals surface area (Å²) >= 11 is 1.23. The van der Waals surface area contributed by atoms with Crippen LogP contribution in [0.1, 0.15) is 0 Å². The van der Waals surface area contributed by atoms with Crippen molar-refractivity contribution in [2.24, 2.45) is 0 Å². The Morgan fingerprint density at radius 2 is 2.67 bits per heavy atom. The van der Waals surface area contributed by atoms with Gasteiger partial charge in [-0.05, 0) is 0 Å². The summed E-state index contributed by atoms with van der Waals surface area (Å²) in [5.41, 5.74) is 0. The van der Waals surface area contributed by atoms with E-state index in [4.69, 9.17) is 4.42 Å². The second kappa shape index (κ2) is 1.64. The number of hydrogen-bond donors (Lipinski definition) is 0. The van der Waals surface area contributed by atoms with E-state index in [2.05, 4.69) is 4.98 Å². The van der Waals surface area contributed by atoms with Crippen LogP contribution in [-0.2, 0) is 0 Å². The molecule has 0 atom stereocenters. The quantitative estimate of drug-likeness (QED) is 0.510. The molecule has 1 aromatic heterocycles. The fourth-order valence-corrected chi connectivity index (χ4v) is 0.630. The van der Waals surface area contributed by atoms with Gasteiger partial charge in [-0.3, -0.25) is 0 Å². The minimum atomic E-state index is 0.808. The molecule has 0 aliphatic carbocycles. The summed E-state index contributed by atoms with van der Waals surface area (Å²) in [5, 5.41) is 0. The van der Waals surface area contributed by atoms with Gasteiger partial charge in [0.25, 0.3) is 0 Å². The Labute approximate surface area is 48.7 Å². The van der Waals surface area contributed by atoms with Crippen molar-refractivity contribution in [2.45, 2.75) is 0 Å². The summed E-state index contributed by atoms with van der Waals surface area (Å²) in [5.74, 6) is 0.